The summed E-state index contributed by atoms with van der Waals surface area (Å²) in [6.07, 6.45) is 1.08. The number of benzene rings is 1. The van der Waals surface area contributed by atoms with Gasteiger partial charge in [-0.25, -0.2) is 0 Å². The smallest absolute Gasteiger partial charge is 0.0207 e. The standard InChI is InChI=1S/C11H14Br2/c1-8(2)9-3-4-11(13)10(7-9)5-6-12/h3-4,7-8H,5-6H2,1-2H3. The Hall–Kier alpha value is 0.180. The lowest BCUT2D eigenvalue weighted by molar-refractivity contribution is 0.862. The maximum atomic E-state index is 3.56. The van der Waals surface area contributed by atoms with E-state index in [0.717, 1.165) is 11.8 Å². The van der Waals surface area contributed by atoms with Gasteiger partial charge in [0.25, 0.3) is 0 Å². The fourth-order valence-electron chi connectivity index (χ4n) is 1.25. The Kier molecular flexibility index (Phi) is 4.47. The molecule has 0 aliphatic carbocycles. The molecule has 1 aromatic carbocycles. The molecular weight excluding hydrogens is 292 g/mol. The van der Waals surface area contributed by atoms with Crippen molar-refractivity contribution in [3.63, 3.8) is 0 Å². The van der Waals surface area contributed by atoms with Gasteiger partial charge in [-0.15, -0.1) is 0 Å². The fourth-order valence-corrected chi connectivity index (χ4v) is 2.12. The Morgan fingerprint density at radius 2 is 2.00 bits per heavy atom. The summed E-state index contributed by atoms with van der Waals surface area (Å²) in [4.78, 5) is 0. The minimum atomic E-state index is 0.613. The summed E-state index contributed by atoms with van der Waals surface area (Å²) < 4.78 is 1.22. The Bertz CT molecular complexity index is 279. The van der Waals surface area contributed by atoms with Crippen LogP contribution in [0.1, 0.15) is 30.9 Å². The summed E-state index contributed by atoms with van der Waals surface area (Å²) in [6, 6.07) is 6.62. The molecule has 0 saturated carbocycles. The molecule has 0 amide bonds. The summed E-state index contributed by atoms with van der Waals surface area (Å²) in [5, 5.41) is 1.02. The molecule has 0 aromatic heterocycles. The highest BCUT2D eigenvalue weighted by atomic mass is 79.9. The molecule has 0 bridgehead atoms. The van der Waals surface area contributed by atoms with Gasteiger partial charge >= 0.3 is 0 Å². The molecule has 1 aromatic rings. The molecule has 72 valence electrons. The van der Waals surface area contributed by atoms with Crippen LogP contribution in [0.4, 0.5) is 0 Å². The fraction of sp³-hybridized carbons (Fsp3) is 0.455. The highest BCUT2D eigenvalue weighted by molar-refractivity contribution is 9.10. The maximum Gasteiger partial charge on any atom is 0.0207 e. The Morgan fingerprint density at radius 3 is 2.54 bits per heavy atom. The first-order valence-electron chi connectivity index (χ1n) is 4.49. The monoisotopic (exact) mass is 304 g/mol. The lowest BCUT2D eigenvalue weighted by Crippen LogP contribution is -1.93. The van der Waals surface area contributed by atoms with Crippen molar-refractivity contribution in [1.82, 2.24) is 0 Å². The number of rotatable bonds is 3. The molecule has 1 rings (SSSR count). The topological polar surface area (TPSA) is 0 Å². The molecule has 0 radical (unpaired) electrons. The Balaban J connectivity index is 2.97. The van der Waals surface area contributed by atoms with Crippen molar-refractivity contribution in [2.75, 3.05) is 5.33 Å². The molecule has 0 N–H and O–H groups in total. The molecule has 0 aliphatic rings. The second kappa shape index (κ2) is 5.16. The van der Waals surface area contributed by atoms with Crippen LogP contribution in [0.3, 0.4) is 0 Å². The predicted octanol–water partition coefficient (Wildman–Crippen LogP) is 4.51. The predicted molar refractivity (Wildman–Crippen MR) is 65.7 cm³/mol. The lowest BCUT2D eigenvalue weighted by Gasteiger charge is -2.09. The van der Waals surface area contributed by atoms with Crippen LogP contribution in [0.25, 0.3) is 0 Å². The van der Waals surface area contributed by atoms with Crippen molar-refractivity contribution >= 4 is 31.9 Å². The zero-order valence-electron chi connectivity index (χ0n) is 7.98. The van der Waals surface area contributed by atoms with E-state index in [0.29, 0.717) is 5.92 Å². The largest absolute Gasteiger partial charge is 0.0924 e. The van der Waals surface area contributed by atoms with Gasteiger partial charge < -0.3 is 0 Å². The second-order valence-electron chi connectivity index (χ2n) is 3.44. The minimum absolute atomic E-state index is 0.613. The Morgan fingerprint density at radius 1 is 1.31 bits per heavy atom. The highest BCUT2D eigenvalue weighted by Crippen LogP contribution is 2.23. The molecule has 0 nitrogen and oxygen atoms in total. The van der Waals surface area contributed by atoms with E-state index in [9.17, 15) is 0 Å². The zero-order valence-corrected chi connectivity index (χ0v) is 11.2. The summed E-state index contributed by atoms with van der Waals surface area (Å²) in [5.41, 5.74) is 2.81. The van der Waals surface area contributed by atoms with Crippen molar-refractivity contribution in [3.05, 3.63) is 33.8 Å². The first-order chi connectivity index (χ1) is 6.15. The van der Waals surface area contributed by atoms with E-state index in [4.69, 9.17) is 0 Å². The van der Waals surface area contributed by atoms with Crippen molar-refractivity contribution < 1.29 is 0 Å². The number of hydrogen-bond acceptors (Lipinski definition) is 0. The number of aryl methyl sites for hydroxylation is 1. The average molecular weight is 306 g/mol. The second-order valence-corrected chi connectivity index (χ2v) is 5.09. The van der Waals surface area contributed by atoms with Gasteiger partial charge in [0.15, 0.2) is 0 Å². The molecular formula is C11H14Br2. The van der Waals surface area contributed by atoms with Crippen LogP contribution in [-0.2, 0) is 6.42 Å². The molecule has 0 saturated heterocycles. The van der Waals surface area contributed by atoms with Gasteiger partial charge in [-0.1, -0.05) is 57.8 Å². The first kappa shape index (κ1) is 11.3. The van der Waals surface area contributed by atoms with E-state index in [-0.39, 0.29) is 0 Å². The molecule has 0 spiro atoms. The molecule has 2 heteroatoms. The van der Waals surface area contributed by atoms with Crippen LogP contribution in [0, 0.1) is 0 Å². The number of halogens is 2. The van der Waals surface area contributed by atoms with Crippen LogP contribution in [0.15, 0.2) is 22.7 Å². The third-order valence-electron chi connectivity index (χ3n) is 2.10. The third-order valence-corrected chi connectivity index (χ3v) is 3.27. The van der Waals surface area contributed by atoms with Crippen molar-refractivity contribution in [2.24, 2.45) is 0 Å². The van der Waals surface area contributed by atoms with Crippen molar-refractivity contribution in [3.8, 4) is 0 Å². The molecule has 0 heterocycles. The van der Waals surface area contributed by atoms with Crippen LogP contribution in [-0.4, -0.2) is 5.33 Å². The van der Waals surface area contributed by atoms with Gasteiger partial charge in [-0.05, 0) is 29.5 Å². The van der Waals surface area contributed by atoms with Crippen molar-refractivity contribution in [2.45, 2.75) is 26.2 Å². The molecule has 0 fully saturated rings. The van der Waals surface area contributed by atoms with E-state index in [1.165, 1.54) is 15.6 Å². The van der Waals surface area contributed by atoms with E-state index < -0.39 is 0 Å². The van der Waals surface area contributed by atoms with Gasteiger partial charge in [-0.3, -0.25) is 0 Å². The number of alkyl halides is 1. The van der Waals surface area contributed by atoms with Gasteiger partial charge in [0, 0.05) is 9.80 Å². The van der Waals surface area contributed by atoms with Gasteiger partial charge in [0.1, 0.15) is 0 Å². The normalized spacial score (nSPS) is 10.8. The lowest BCUT2D eigenvalue weighted by atomic mass is 10.0. The summed E-state index contributed by atoms with van der Waals surface area (Å²) in [7, 11) is 0. The quantitative estimate of drug-likeness (QED) is 0.721. The number of hydrogen-bond donors (Lipinski definition) is 0. The van der Waals surface area contributed by atoms with Crippen LogP contribution in [0.5, 0.6) is 0 Å². The SMILES string of the molecule is CC(C)c1ccc(Br)c(CCBr)c1. The Labute approximate surface area is 97.0 Å². The van der Waals surface area contributed by atoms with Crippen LogP contribution >= 0.6 is 31.9 Å². The van der Waals surface area contributed by atoms with E-state index in [1.54, 1.807) is 0 Å². The average Bonchev–Trinajstić information content (AvgIpc) is 2.08. The minimum Gasteiger partial charge on any atom is -0.0924 e. The van der Waals surface area contributed by atoms with E-state index >= 15 is 0 Å². The van der Waals surface area contributed by atoms with E-state index in [2.05, 4.69) is 63.9 Å². The van der Waals surface area contributed by atoms with Crippen LogP contribution in [0.2, 0.25) is 0 Å². The summed E-state index contributed by atoms with van der Waals surface area (Å²) in [5.74, 6) is 0.613. The summed E-state index contributed by atoms with van der Waals surface area (Å²) >= 11 is 7.02. The van der Waals surface area contributed by atoms with Crippen LogP contribution < -0.4 is 0 Å². The first-order valence-corrected chi connectivity index (χ1v) is 6.41. The maximum absolute atomic E-state index is 3.56. The van der Waals surface area contributed by atoms with E-state index in [1.807, 2.05) is 0 Å². The molecule has 13 heavy (non-hydrogen) atoms. The highest BCUT2D eigenvalue weighted by Gasteiger charge is 2.03. The van der Waals surface area contributed by atoms with Crippen molar-refractivity contribution in [1.29, 1.82) is 0 Å². The molecule has 0 atom stereocenters. The molecule has 0 unspecified atom stereocenters. The third kappa shape index (κ3) is 3.10. The van der Waals surface area contributed by atoms with Gasteiger partial charge in [0.05, 0.1) is 0 Å². The zero-order chi connectivity index (χ0) is 9.84. The molecule has 0 aliphatic heterocycles. The summed E-state index contributed by atoms with van der Waals surface area (Å²) in [6.45, 7) is 4.45. The van der Waals surface area contributed by atoms with Gasteiger partial charge in [0.2, 0.25) is 0 Å². The van der Waals surface area contributed by atoms with Gasteiger partial charge in [-0.2, -0.15) is 0 Å².